The van der Waals surface area contributed by atoms with E-state index in [4.69, 9.17) is 29.9 Å². The summed E-state index contributed by atoms with van der Waals surface area (Å²) in [6.07, 6.45) is 8.46. The van der Waals surface area contributed by atoms with Gasteiger partial charge in [0.2, 0.25) is 0 Å². The molecule has 0 fully saturated rings. The van der Waals surface area contributed by atoms with Crippen LogP contribution in [-0.4, -0.2) is 43.3 Å². The lowest BCUT2D eigenvalue weighted by atomic mass is 9.89. The summed E-state index contributed by atoms with van der Waals surface area (Å²) in [5.74, 6) is 0.987. The van der Waals surface area contributed by atoms with Crippen molar-refractivity contribution in [1.29, 1.82) is 0 Å². The Labute approximate surface area is 719 Å². The molecule has 0 saturated carbocycles. The highest BCUT2D eigenvalue weighted by atomic mass is 15.1. The van der Waals surface area contributed by atoms with E-state index in [9.17, 15) is 0 Å². The van der Waals surface area contributed by atoms with Crippen molar-refractivity contribution in [2.24, 2.45) is 0 Å². The summed E-state index contributed by atoms with van der Waals surface area (Å²) in [5, 5.41) is 25.9. The molecular weight excluding hydrogens is 1520 g/mol. The van der Waals surface area contributed by atoms with Gasteiger partial charge in [-0.25, -0.2) is 29.9 Å². The summed E-state index contributed by atoms with van der Waals surface area (Å²) in [6.45, 7) is 3.03. The number of benzene rings is 18. The Balaban J connectivity index is 0.000000105. The number of rotatable bonds is 9. The van der Waals surface area contributed by atoms with Crippen molar-refractivity contribution in [3.8, 4) is 89.9 Å². The quantitative estimate of drug-likeness (QED) is 0.134. The smallest absolute Gasteiger partial charge is 0.141 e. The highest BCUT2D eigenvalue weighted by molar-refractivity contribution is 6.36. The van der Waals surface area contributed by atoms with E-state index in [0.29, 0.717) is 0 Å². The average molecular weight is 1590 g/mol. The van der Waals surface area contributed by atoms with Crippen LogP contribution in [0.25, 0.3) is 242 Å². The van der Waals surface area contributed by atoms with E-state index in [1.165, 1.54) is 113 Å². The Bertz CT molecular complexity index is 8510. The molecule has 8 aromatic heterocycles. The largest absolute Gasteiger partial charge is 0.324 e. The molecule has 0 aliphatic rings. The van der Waals surface area contributed by atoms with Gasteiger partial charge in [-0.15, -0.1) is 0 Å². The molecule has 0 bridgehead atoms. The lowest BCUT2D eigenvalue weighted by Gasteiger charge is -2.16. The molecule has 8 heterocycles. The van der Waals surface area contributed by atoms with Gasteiger partial charge in [0.25, 0.3) is 0 Å². The second-order valence-corrected chi connectivity index (χ2v) is 32.2. The number of aryl methyl sites for hydroxylation is 1. The Morgan fingerprint density at radius 2 is 0.520 bits per heavy atom. The maximum atomic E-state index is 5.34. The second-order valence-electron chi connectivity index (χ2n) is 32.2. The first-order valence-corrected chi connectivity index (χ1v) is 42.7. The number of fused-ring (bicyclic) bond motifs is 27. The summed E-state index contributed by atoms with van der Waals surface area (Å²) in [6, 6.07) is 142. The number of hydrogen-bond donors (Lipinski definition) is 0. The van der Waals surface area contributed by atoms with Gasteiger partial charge in [-0.05, 0) is 167 Å². The van der Waals surface area contributed by atoms with E-state index in [1.54, 1.807) is 0 Å². The number of hydrogen-bond acceptors (Lipinski definition) is 6. The number of imidazole rings is 3. The molecule has 0 aliphatic carbocycles. The molecule has 9 nitrogen and oxygen atoms in total. The molecule has 0 atom stereocenters. The Morgan fingerprint density at radius 3 is 0.952 bits per heavy atom. The fourth-order valence-corrected chi connectivity index (χ4v) is 19.4. The molecule has 125 heavy (non-hydrogen) atoms. The lowest BCUT2D eigenvalue weighted by molar-refractivity contribution is 0.796. The van der Waals surface area contributed by atoms with Crippen LogP contribution < -0.4 is 0 Å². The van der Waals surface area contributed by atoms with E-state index in [-0.39, 0.29) is 0 Å². The highest BCUT2D eigenvalue weighted by Crippen LogP contribution is 2.48. The van der Waals surface area contributed by atoms with Gasteiger partial charge in [-0.2, -0.15) is 0 Å². The molecule has 0 spiro atoms. The number of pyridine rings is 5. The maximum Gasteiger partial charge on any atom is 0.141 e. The maximum absolute atomic E-state index is 5.34. The first-order valence-electron chi connectivity index (χ1n) is 42.7. The van der Waals surface area contributed by atoms with Crippen molar-refractivity contribution in [3.05, 3.63) is 425 Å². The zero-order valence-electron chi connectivity index (χ0n) is 68.1. The van der Waals surface area contributed by atoms with Gasteiger partial charge >= 0.3 is 0 Å². The molecule has 0 saturated heterocycles. The van der Waals surface area contributed by atoms with E-state index in [1.807, 2.05) is 36.4 Å². The van der Waals surface area contributed by atoms with Crippen LogP contribution in [0.2, 0.25) is 0 Å². The van der Waals surface area contributed by atoms with E-state index < -0.39 is 0 Å². The van der Waals surface area contributed by atoms with E-state index in [0.717, 1.165) is 135 Å². The van der Waals surface area contributed by atoms with Gasteiger partial charge in [-0.3, -0.25) is 0 Å². The molecule has 0 aliphatic heterocycles. The number of nitrogens with zero attached hydrogens (tertiary/aromatic N) is 9. The first kappa shape index (κ1) is 72.4. The molecule has 0 radical (unpaired) electrons. The first-order chi connectivity index (χ1) is 61.9. The predicted octanol–water partition coefficient (Wildman–Crippen LogP) is 30.1. The molecule has 0 N–H and O–H groups in total. The number of aromatic nitrogens is 9. The van der Waals surface area contributed by atoms with Crippen LogP contribution in [0.1, 0.15) is 6.92 Å². The minimum atomic E-state index is 0.855. The van der Waals surface area contributed by atoms with E-state index in [2.05, 4.69) is 409 Å². The highest BCUT2D eigenvalue weighted by Gasteiger charge is 2.24. The van der Waals surface area contributed by atoms with Gasteiger partial charge in [0.15, 0.2) is 0 Å². The van der Waals surface area contributed by atoms with Crippen LogP contribution in [-0.2, 0) is 6.54 Å². The Hall–Kier alpha value is -16.6. The second kappa shape index (κ2) is 30.0. The Morgan fingerprint density at radius 1 is 0.200 bits per heavy atom. The number of para-hydroxylation sites is 5. The predicted molar refractivity (Wildman–Crippen MR) is 523 cm³/mol. The summed E-state index contributed by atoms with van der Waals surface area (Å²) >= 11 is 0. The van der Waals surface area contributed by atoms with Crippen LogP contribution in [0.5, 0.6) is 0 Å². The van der Waals surface area contributed by atoms with Crippen molar-refractivity contribution in [2.75, 3.05) is 0 Å². The standard InChI is InChI=1S/2C40H25N3.C36H25N3/c1-2-11-26(12-3-1)36-25-43-22-21-28(24-37(43)41-36)27-13-10-14-29(23-27)40-39-33-18-7-5-16-31(33)30-15-4-6-17-32(30)38(39)34-19-8-9-20-35(34)42-40;1-2-11-26(12-3-1)36-25-43-24-29(21-22-37(43)41-36)27-13-10-14-28(23-27)40-39-33-18-7-5-16-31(33)30-15-4-6-17-32(30)38(39)34-19-8-9-20-35(34)42-40;1-2-39-32-21-10-9-20-31(32)38-36(39)24-13-11-12-23(22-24)35-34-28-17-6-4-15-26(28)25-14-3-5-16-27(25)33(34)29-18-7-8-19-30(29)37-35/h2*1-25H;3-22H,2H2,1H3. The molecule has 18 aromatic carbocycles. The third-order valence-corrected chi connectivity index (χ3v) is 25.1. The molecule has 26 rings (SSSR count). The van der Waals surface area contributed by atoms with Crippen molar-refractivity contribution in [2.45, 2.75) is 13.5 Å². The monoisotopic (exact) mass is 1590 g/mol. The molecule has 0 unspecified atom stereocenters. The van der Waals surface area contributed by atoms with Crippen LogP contribution in [0.3, 0.4) is 0 Å². The Kier molecular flexibility index (Phi) is 17.4. The van der Waals surface area contributed by atoms with E-state index >= 15 is 0 Å². The normalized spacial score (nSPS) is 11.8. The third kappa shape index (κ3) is 12.3. The van der Waals surface area contributed by atoms with Crippen molar-refractivity contribution in [3.63, 3.8) is 0 Å². The molecule has 584 valence electrons. The zero-order chi connectivity index (χ0) is 82.6. The van der Waals surface area contributed by atoms with Gasteiger partial charge in [0, 0.05) is 113 Å². The summed E-state index contributed by atoms with van der Waals surface area (Å²) < 4.78 is 6.50. The van der Waals surface area contributed by atoms with Crippen LogP contribution in [0.15, 0.2) is 425 Å². The molecule has 26 aromatic rings. The summed E-state index contributed by atoms with van der Waals surface area (Å²) in [5.41, 5.74) is 23.2. The van der Waals surface area contributed by atoms with Crippen LogP contribution in [0.4, 0.5) is 0 Å². The topological polar surface area (TPSA) is 91.1 Å². The molecule has 9 heteroatoms. The summed E-state index contributed by atoms with van der Waals surface area (Å²) in [4.78, 5) is 30.8. The van der Waals surface area contributed by atoms with Gasteiger partial charge in [0.05, 0.1) is 56.1 Å². The van der Waals surface area contributed by atoms with Crippen LogP contribution in [0, 0.1) is 0 Å². The minimum absolute atomic E-state index is 0.855. The van der Waals surface area contributed by atoms with Crippen molar-refractivity contribution >= 4 is 152 Å². The molecular formula is C116H75N9. The zero-order valence-corrected chi connectivity index (χ0v) is 68.1. The fourth-order valence-electron chi connectivity index (χ4n) is 19.4. The van der Waals surface area contributed by atoms with Crippen LogP contribution >= 0.6 is 0 Å². The van der Waals surface area contributed by atoms with Gasteiger partial charge < -0.3 is 13.4 Å². The fraction of sp³-hybridized carbons (Fsp3) is 0.0172. The molecule has 0 amide bonds. The van der Waals surface area contributed by atoms with Gasteiger partial charge in [0.1, 0.15) is 17.1 Å². The lowest BCUT2D eigenvalue weighted by Crippen LogP contribution is -1.98. The SMILES string of the molecule is CCn1c(-c2cccc(-c3nc4ccccc4c4c5ccccc5c5ccccc5c34)c2)nc2ccccc21.c1ccc(-c2cn3cc(-c4cccc(-c5nc6ccccc6c6c7ccccc7c7ccccc7c56)c4)ccc3n2)cc1.c1ccc(-c2cn3ccc(-c4cccc(-c5nc6ccccc6c6c7ccccc7c7ccccc7c56)c4)cc3n2)cc1. The third-order valence-electron chi connectivity index (χ3n) is 25.1. The average Bonchev–Trinajstić information content (AvgIpc) is 1.59. The summed E-state index contributed by atoms with van der Waals surface area (Å²) in [7, 11) is 0. The minimum Gasteiger partial charge on any atom is -0.324 e. The van der Waals surface area contributed by atoms with Crippen molar-refractivity contribution in [1.82, 2.24) is 43.3 Å². The van der Waals surface area contributed by atoms with Gasteiger partial charge in [-0.1, -0.05) is 328 Å². The van der Waals surface area contributed by atoms with Crippen molar-refractivity contribution < 1.29 is 0 Å².